The number of rotatable bonds is 5. The molecule has 44 heavy (non-hydrogen) atoms. The SMILES string of the molecule is CC(c1ccccc1[N+](=O)[O-])[C@]1(n2cnc3c(N)ncnc32)C[C@H](O)[C@@H](CO)O1.O=P(O)(O)O.O=P(O)(O)O.O=P(O)(O)O. The van der Waals surface area contributed by atoms with E-state index in [0.717, 1.165) is 0 Å². The number of aliphatic hydroxyl groups excluding tert-OH is 2. The van der Waals surface area contributed by atoms with Crippen molar-refractivity contribution in [1.29, 1.82) is 0 Å². The highest BCUT2D eigenvalue weighted by Gasteiger charge is 2.53. The lowest BCUT2D eigenvalue weighted by atomic mass is 9.86. The van der Waals surface area contributed by atoms with Gasteiger partial charge in [-0.3, -0.25) is 14.7 Å². The molecule has 0 spiro atoms. The highest BCUT2D eigenvalue weighted by Crippen LogP contribution is 2.48. The van der Waals surface area contributed by atoms with Gasteiger partial charge in [0.15, 0.2) is 17.2 Å². The molecule has 0 saturated carbocycles. The number of nitrogen functional groups attached to an aromatic ring is 1. The Kier molecular flexibility index (Phi) is 13.8. The van der Waals surface area contributed by atoms with E-state index in [9.17, 15) is 20.3 Å². The fraction of sp³-hybridized carbons (Fsp3) is 0.389. The van der Waals surface area contributed by atoms with Crippen molar-refractivity contribution in [2.75, 3.05) is 12.3 Å². The van der Waals surface area contributed by atoms with Gasteiger partial charge in [-0.2, -0.15) is 0 Å². The van der Waals surface area contributed by atoms with Gasteiger partial charge in [-0.25, -0.2) is 28.6 Å². The molecule has 1 aromatic carbocycles. The van der Waals surface area contributed by atoms with Gasteiger partial charge < -0.3 is 64.7 Å². The fourth-order valence-electron chi connectivity index (χ4n) is 4.01. The summed E-state index contributed by atoms with van der Waals surface area (Å²) < 4.78 is 34.4. The van der Waals surface area contributed by atoms with Crippen LogP contribution in [0.3, 0.4) is 0 Å². The standard InChI is InChI=1S/C18H20N6O5.3H3O4P/c1-10(11-4-2-3-5-12(11)24(27)28)18(6-13(26)14(7-25)29-18)23-9-22-15-16(19)20-8-21-17(15)23;3*1-5(2,3)4/h2-5,8-10,13-14,25-26H,6-7H2,1H3,(H2,19,20,21);3*(H3,1,2,3,4)/t10?,13-,14+,18-;;;/m0.../s1. The van der Waals surface area contributed by atoms with Crippen LogP contribution in [-0.2, 0) is 24.2 Å². The number of benzene rings is 1. The number of aliphatic hydroxyl groups is 2. The predicted octanol–water partition coefficient (Wildman–Crippen LogP) is -1.87. The van der Waals surface area contributed by atoms with Crippen molar-refractivity contribution < 1.29 is 77.6 Å². The van der Waals surface area contributed by atoms with E-state index in [-0.39, 0.29) is 17.9 Å². The molecule has 4 rings (SSSR count). The normalized spacial score (nSPS) is 20.7. The van der Waals surface area contributed by atoms with Gasteiger partial charge in [-0.05, 0) is 0 Å². The number of hydrogen-bond donors (Lipinski definition) is 12. The van der Waals surface area contributed by atoms with Gasteiger partial charge in [0.1, 0.15) is 17.9 Å². The lowest BCUT2D eigenvalue weighted by molar-refractivity contribution is -0.386. The maximum absolute atomic E-state index is 11.6. The van der Waals surface area contributed by atoms with Crippen molar-refractivity contribution in [2.45, 2.75) is 37.2 Å². The first-order valence-electron chi connectivity index (χ1n) is 11.4. The van der Waals surface area contributed by atoms with Crippen LogP contribution in [0.1, 0.15) is 24.8 Å². The Balaban J connectivity index is 0.000000537. The minimum Gasteiger partial charge on any atom is -0.394 e. The topological polar surface area (TPSA) is 396 Å². The summed E-state index contributed by atoms with van der Waals surface area (Å²) in [7, 11) is -13.9. The summed E-state index contributed by atoms with van der Waals surface area (Å²) in [5.41, 5.74) is 5.69. The van der Waals surface area contributed by atoms with Crippen molar-refractivity contribution in [3.05, 3.63) is 52.6 Å². The molecule has 0 amide bonds. The Morgan fingerprint density at radius 1 is 1.02 bits per heavy atom. The third kappa shape index (κ3) is 12.7. The van der Waals surface area contributed by atoms with Gasteiger partial charge >= 0.3 is 23.5 Å². The molecule has 3 heterocycles. The van der Waals surface area contributed by atoms with Crippen LogP contribution in [0.5, 0.6) is 0 Å². The number of aromatic nitrogens is 4. The molecule has 13 N–H and O–H groups in total. The van der Waals surface area contributed by atoms with Crippen LogP contribution in [0.25, 0.3) is 11.2 Å². The average molecular weight is 694 g/mol. The van der Waals surface area contributed by atoms with Gasteiger partial charge in [-0.15, -0.1) is 0 Å². The Labute approximate surface area is 245 Å². The summed E-state index contributed by atoms with van der Waals surface area (Å²) in [5, 5.41) is 31.8. The van der Waals surface area contributed by atoms with Crippen molar-refractivity contribution in [3.8, 4) is 0 Å². The van der Waals surface area contributed by atoms with Crippen LogP contribution in [0.15, 0.2) is 36.9 Å². The van der Waals surface area contributed by atoms with E-state index < -0.39 is 58.8 Å². The van der Waals surface area contributed by atoms with Crippen LogP contribution < -0.4 is 5.73 Å². The maximum atomic E-state index is 11.6. The minimum absolute atomic E-state index is 0.0662. The number of nitrogens with two attached hydrogens (primary N) is 1. The Morgan fingerprint density at radius 2 is 1.52 bits per heavy atom. The van der Waals surface area contributed by atoms with E-state index in [1.807, 2.05) is 0 Å². The molecule has 4 atom stereocenters. The first kappa shape index (κ1) is 39.2. The monoisotopic (exact) mass is 694 g/mol. The van der Waals surface area contributed by atoms with E-state index in [1.54, 1.807) is 29.7 Å². The third-order valence-electron chi connectivity index (χ3n) is 5.51. The average Bonchev–Trinajstić information content (AvgIpc) is 3.43. The molecule has 1 aliphatic heterocycles. The first-order chi connectivity index (χ1) is 19.9. The number of fused-ring (bicyclic) bond motifs is 1. The summed E-state index contributed by atoms with van der Waals surface area (Å²) in [4.78, 5) is 88.3. The minimum atomic E-state index is -4.64. The van der Waals surface area contributed by atoms with Gasteiger partial charge in [-0.1, -0.05) is 25.1 Å². The van der Waals surface area contributed by atoms with Gasteiger partial charge in [0.25, 0.3) is 5.69 Å². The third-order valence-corrected chi connectivity index (χ3v) is 5.51. The molecular formula is C18H29N6O17P3. The Hall–Kier alpha value is -2.82. The van der Waals surface area contributed by atoms with Gasteiger partial charge in [0.05, 0.1) is 24.0 Å². The lowest BCUT2D eigenvalue weighted by Gasteiger charge is -2.36. The zero-order chi connectivity index (χ0) is 34.3. The molecule has 2 aromatic heterocycles. The summed E-state index contributed by atoms with van der Waals surface area (Å²) in [5.74, 6) is -0.414. The molecule has 23 nitrogen and oxygen atoms in total. The molecule has 0 aliphatic carbocycles. The van der Waals surface area contributed by atoms with Crippen LogP contribution in [0, 0.1) is 10.1 Å². The molecule has 1 fully saturated rings. The molecule has 3 aromatic rings. The molecule has 26 heteroatoms. The summed E-state index contributed by atoms with van der Waals surface area (Å²) in [6, 6.07) is 6.35. The number of nitro groups is 1. The number of phosphoric acid groups is 3. The number of ether oxygens (including phenoxy) is 1. The van der Waals surface area contributed by atoms with Crippen molar-refractivity contribution in [1.82, 2.24) is 19.5 Å². The molecule has 1 aliphatic rings. The molecule has 1 saturated heterocycles. The van der Waals surface area contributed by atoms with E-state index >= 15 is 0 Å². The highest BCUT2D eigenvalue weighted by molar-refractivity contribution is 7.45. The summed E-state index contributed by atoms with van der Waals surface area (Å²) in [6.07, 6.45) is 0.973. The molecule has 1 unspecified atom stereocenters. The van der Waals surface area contributed by atoms with Gasteiger partial charge in [0, 0.05) is 24.0 Å². The summed E-state index contributed by atoms with van der Waals surface area (Å²) >= 11 is 0. The number of para-hydroxylation sites is 1. The van der Waals surface area contributed by atoms with E-state index in [0.29, 0.717) is 16.7 Å². The van der Waals surface area contributed by atoms with Crippen LogP contribution in [-0.4, -0.2) is 97.5 Å². The van der Waals surface area contributed by atoms with Crippen molar-refractivity contribution in [3.63, 3.8) is 0 Å². The molecule has 0 bridgehead atoms. The van der Waals surface area contributed by atoms with E-state index in [2.05, 4.69) is 15.0 Å². The van der Waals surface area contributed by atoms with Crippen LogP contribution in [0.2, 0.25) is 0 Å². The van der Waals surface area contributed by atoms with Crippen molar-refractivity contribution >= 4 is 46.1 Å². The van der Waals surface area contributed by atoms with Crippen LogP contribution >= 0.6 is 23.5 Å². The quantitative estimate of drug-likeness (QED) is 0.0790. The zero-order valence-corrected chi connectivity index (χ0v) is 24.8. The fourth-order valence-corrected chi connectivity index (χ4v) is 4.01. The smallest absolute Gasteiger partial charge is 0.394 e. The maximum Gasteiger partial charge on any atom is 0.466 e. The second-order valence-electron chi connectivity index (χ2n) is 8.58. The molecule has 0 radical (unpaired) electrons. The summed E-state index contributed by atoms with van der Waals surface area (Å²) in [6.45, 7) is 1.36. The predicted molar refractivity (Wildman–Crippen MR) is 145 cm³/mol. The Morgan fingerprint density at radius 3 is 1.98 bits per heavy atom. The second-order valence-corrected chi connectivity index (χ2v) is 11.7. The zero-order valence-electron chi connectivity index (χ0n) is 22.1. The second kappa shape index (κ2) is 15.5. The van der Waals surface area contributed by atoms with E-state index in [1.165, 1.54) is 18.7 Å². The highest BCUT2D eigenvalue weighted by atomic mass is 31.2. The number of hydrogen-bond acceptors (Lipinski definition) is 12. The largest absolute Gasteiger partial charge is 0.466 e. The van der Waals surface area contributed by atoms with E-state index in [4.69, 9.17) is 68.2 Å². The first-order valence-corrected chi connectivity index (χ1v) is 16.1. The van der Waals surface area contributed by atoms with Crippen molar-refractivity contribution in [2.24, 2.45) is 0 Å². The Bertz CT molecular complexity index is 1480. The number of nitro benzene ring substituents is 1. The van der Waals surface area contributed by atoms with Gasteiger partial charge in [0.2, 0.25) is 0 Å². The molecular weight excluding hydrogens is 665 g/mol. The van der Waals surface area contributed by atoms with Crippen LogP contribution in [0.4, 0.5) is 11.5 Å². The number of anilines is 1. The lowest BCUT2D eigenvalue weighted by Crippen LogP contribution is -2.39. The number of imidazole rings is 1. The molecule has 248 valence electrons. The number of nitrogens with zero attached hydrogens (tertiary/aromatic N) is 5.